The Labute approximate surface area is 186 Å². The van der Waals surface area contributed by atoms with Crippen LogP contribution in [0, 0.1) is 11.8 Å². The minimum Gasteiger partial charge on any atom is -0.485 e. The van der Waals surface area contributed by atoms with Crippen LogP contribution in [0.4, 0.5) is 5.69 Å². The molecule has 2 aliphatic carbocycles. The van der Waals surface area contributed by atoms with E-state index in [0.717, 1.165) is 24.3 Å². The molecule has 4 heteroatoms. The highest BCUT2D eigenvalue weighted by atomic mass is 16.5. The van der Waals surface area contributed by atoms with Gasteiger partial charge in [0.15, 0.2) is 0 Å². The van der Waals surface area contributed by atoms with Crippen LogP contribution in [0.1, 0.15) is 62.7 Å². The molecular formula is C27H35N3O. The number of hydrazone groups is 1. The zero-order valence-corrected chi connectivity index (χ0v) is 18.6. The molecule has 1 saturated carbocycles. The Balaban J connectivity index is 1.51. The first-order valence-electron chi connectivity index (χ1n) is 11.7. The first-order valence-corrected chi connectivity index (χ1v) is 11.7. The summed E-state index contributed by atoms with van der Waals surface area (Å²) in [6, 6.07) is 17.3. The molecule has 1 fully saturated rings. The van der Waals surface area contributed by atoms with Crippen molar-refractivity contribution in [3.63, 3.8) is 0 Å². The largest absolute Gasteiger partial charge is 0.485 e. The predicted molar refractivity (Wildman–Crippen MR) is 129 cm³/mol. The van der Waals surface area contributed by atoms with Gasteiger partial charge in [-0.2, -0.15) is 5.10 Å². The summed E-state index contributed by atoms with van der Waals surface area (Å²) in [5.41, 5.74) is 10.1. The maximum atomic E-state index is 6.63. The Morgan fingerprint density at radius 1 is 1.13 bits per heavy atom. The molecule has 2 aromatic carbocycles. The summed E-state index contributed by atoms with van der Waals surface area (Å²) in [6.45, 7) is 5.73. The summed E-state index contributed by atoms with van der Waals surface area (Å²) in [6.07, 6.45) is 12.1. The van der Waals surface area contributed by atoms with Crippen molar-refractivity contribution in [2.45, 2.75) is 64.0 Å². The van der Waals surface area contributed by atoms with Crippen molar-refractivity contribution in [2.24, 2.45) is 22.7 Å². The van der Waals surface area contributed by atoms with Gasteiger partial charge in [-0.1, -0.05) is 50.1 Å². The van der Waals surface area contributed by atoms with Gasteiger partial charge in [-0.15, -0.1) is 0 Å². The van der Waals surface area contributed by atoms with Gasteiger partial charge < -0.3 is 10.5 Å². The second kappa shape index (κ2) is 10.1. The molecule has 0 radical (unpaired) electrons. The van der Waals surface area contributed by atoms with Gasteiger partial charge in [0, 0.05) is 24.4 Å². The van der Waals surface area contributed by atoms with E-state index in [1.54, 1.807) is 17.4 Å². The lowest BCUT2D eigenvalue weighted by molar-refractivity contribution is 0.128. The van der Waals surface area contributed by atoms with Crippen molar-refractivity contribution in [1.29, 1.82) is 0 Å². The Bertz CT molecular complexity index is 892. The van der Waals surface area contributed by atoms with Crippen LogP contribution in [-0.2, 0) is 6.42 Å². The smallest absolute Gasteiger partial charge is 0.127 e. The van der Waals surface area contributed by atoms with Crippen LogP contribution < -0.4 is 15.5 Å². The van der Waals surface area contributed by atoms with E-state index >= 15 is 0 Å². The molecule has 0 spiro atoms. The molecule has 2 N–H and O–H groups in total. The Kier molecular flexibility index (Phi) is 7.08. The monoisotopic (exact) mass is 417 g/mol. The van der Waals surface area contributed by atoms with E-state index in [9.17, 15) is 0 Å². The SMILES string of the molecule is C=CN(/N=C\C)c1ccc(O[C@@H]2c3ccccc3C[C@H]2CC2CCCC[C@H](N)C2)cc1. The summed E-state index contributed by atoms with van der Waals surface area (Å²) >= 11 is 0. The standard InChI is InChI=1S/C27H35N3O/c1-3-29-30(4-2)24-13-15-25(16-14-24)31-27-22(19-21-10-6-8-12-26(21)27)17-20-9-5-7-11-23(28)18-20/h3-4,6,8,10,12-16,20,22-23,27H,2,5,7,9,11,17-19,28H2,1H3/b29-3-/t20?,22-,23+,27+/m1/s1. The third kappa shape index (κ3) is 5.19. The fourth-order valence-electron chi connectivity index (χ4n) is 5.32. The van der Waals surface area contributed by atoms with E-state index in [1.807, 2.05) is 31.2 Å². The van der Waals surface area contributed by atoms with Crippen molar-refractivity contribution in [3.8, 4) is 5.75 Å². The van der Waals surface area contributed by atoms with Gasteiger partial charge in [0.25, 0.3) is 0 Å². The topological polar surface area (TPSA) is 50.8 Å². The van der Waals surface area contributed by atoms with Crippen molar-refractivity contribution < 1.29 is 4.74 Å². The fraction of sp³-hybridized carbons (Fsp3) is 0.444. The highest BCUT2D eigenvalue weighted by Crippen LogP contribution is 2.44. The number of benzene rings is 2. The van der Waals surface area contributed by atoms with E-state index < -0.39 is 0 Å². The molecule has 4 atom stereocenters. The minimum atomic E-state index is 0.102. The average molecular weight is 418 g/mol. The van der Waals surface area contributed by atoms with Gasteiger partial charge in [-0.3, -0.25) is 0 Å². The molecular weight excluding hydrogens is 382 g/mol. The predicted octanol–water partition coefficient (Wildman–Crippen LogP) is 6.23. The molecule has 0 bridgehead atoms. The van der Waals surface area contributed by atoms with Gasteiger partial charge in [0.2, 0.25) is 0 Å². The molecule has 2 aromatic rings. The Morgan fingerprint density at radius 3 is 2.68 bits per heavy atom. The first kappa shape index (κ1) is 21.6. The van der Waals surface area contributed by atoms with Crippen molar-refractivity contribution in [3.05, 3.63) is 72.4 Å². The van der Waals surface area contributed by atoms with Crippen molar-refractivity contribution >= 4 is 11.9 Å². The number of nitrogens with two attached hydrogens (primary N) is 1. The summed E-state index contributed by atoms with van der Waals surface area (Å²) < 4.78 is 6.63. The maximum absolute atomic E-state index is 6.63. The van der Waals surface area contributed by atoms with Crippen LogP contribution in [0.15, 0.2) is 66.4 Å². The quantitative estimate of drug-likeness (QED) is 0.330. The zero-order valence-electron chi connectivity index (χ0n) is 18.6. The molecule has 2 aliphatic rings. The number of nitrogens with zero attached hydrogens (tertiary/aromatic N) is 2. The van der Waals surface area contributed by atoms with Gasteiger partial charge >= 0.3 is 0 Å². The Hall–Kier alpha value is -2.59. The number of anilines is 1. The molecule has 1 unspecified atom stereocenters. The Morgan fingerprint density at radius 2 is 1.90 bits per heavy atom. The summed E-state index contributed by atoms with van der Waals surface area (Å²) in [5.74, 6) is 2.11. The third-order valence-electron chi connectivity index (χ3n) is 6.76. The van der Waals surface area contributed by atoms with Gasteiger partial charge in [0.1, 0.15) is 11.9 Å². The van der Waals surface area contributed by atoms with Crippen LogP contribution in [0.2, 0.25) is 0 Å². The average Bonchev–Trinajstić information content (AvgIpc) is 2.97. The van der Waals surface area contributed by atoms with Crippen LogP contribution >= 0.6 is 0 Å². The highest BCUT2D eigenvalue weighted by Gasteiger charge is 2.36. The normalized spacial score (nSPS) is 25.7. The second-order valence-electron chi connectivity index (χ2n) is 8.98. The summed E-state index contributed by atoms with van der Waals surface area (Å²) in [5, 5.41) is 6.06. The molecule has 31 heavy (non-hydrogen) atoms. The van der Waals surface area contributed by atoms with Crippen molar-refractivity contribution in [2.75, 3.05) is 5.01 Å². The van der Waals surface area contributed by atoms with Gasteiger partial charge in [-0.05, 0) is 73.9 Å². The van der Waals surface area contributed by atoms with E-state index in [1.165, 1.54) is 43.2 Å². The minimum absolute atomic E-state index is 0.102. The van der Waals surface area contributed by atoms with E-state index in [0.29, 0.717) is 17.9 Å². The molecule has 0 aliphatic heterocycles. The highest BCUT2D eigenvalue weighted by molar-refractivity contribution is 5.59. The fourth-order valence-corrected chi connectivity index (χ4v) is 5.32. The van der Waals surface area contributed by atoms with E-state index in [4.69, 9.17) is 10.5 Å². The second-order valence-corrected chi connectivity index (χ2v) is 8.98. The number of rotatable bonds is 7. The van der Waals surface area contributed by atoms with E-state index in [2.05, 4.69) is 35.9 Å². The van der Waals surface area contributed by atoms with Gasteiger partial charge in [0.05, 0.1) is 5.69 Å². The zero-order chi connectivity index (χ0) is 21.6. The number of fused-ring (bicyclic) bond motifs is 1. The lowest BCUT2D eigenvalue weighted by Crippen LogP contribution is -2.24. The number of hydrogen-bond acceptors (Lipinski definition) is 4. The lowest BCUT2D eigenvalue weighted by Gasteiger charge is -2.27. The molecule has 164 valence electrons. The molecule has 0 heterocycles. The van der Waals surface area contributed by atoms with Crippen molar-refractivity contribution in [1.82, 2.24) is 0 Å². The number of ether oxygens (including phenoxy) is 1. The number of hydrogen-bond donors (Lipinski definition) is 1. The summed E-state index contributed by atoms with van der Waals surface area (Å²) in [4.78, 5) is 0. The third-order valence-corrected chi connectivity index (χ3v) is 6.76. The molecule has 0 aromatic heterocycles. The van der Waals surface area contributed by atoms with Gasteiger partial charge in [-0.25, -0.2) is 5.01 Å². The molecule has 0 amide bonds. The van der Waals surface area contributed by atoms with Crippen LogP contribution in [0.25, 0.3) is 0 Å². The lowest BCUT2D eigenvalue weighted by atomic mass is 9.85. The molecule has 4 nitrogen and oxygen atoms in total. The van der Waals surface area contributed by atoms with Crippen LogP contribution in [0.3, 0.4) is 0 Å². The first-order chi connectivity index (χ1) is 15.2. The maximum Gasteiger partial charge on any atom is 0.127 e. The van der Waals surface area contributed by atoms with Crippen LogP contribution in [-0.4, -0.2) is 12.3 Å². The van der Waals surface area contributed by atoms with Crippen LogP contribution in [0.5, 0.6) is 5.75 Å². The summed E-state index contributed by atoms with van der Waals surface area (Å²) in [7, 11) is 0. The molecule has 4 rings (SSSR count). The molecule has 0 saturated heterocycles. The van der Waals surface area contributed by atoms with E-state index in [-0.39, 0.29) is 6.10 Å².